The number of rotatable bonds is 5. The molecule has 10 heteroatoms. The number of sulfonamides is 1. The van der Waals surface area contributed by atoms with Crippen LogP contribution in [-0.2, 0) is 19.9 Å². The van der Waals surface area contributed by atoms with Crippen LogP contribution in [0.15, 0.2) is 5.16 Å². The second-order valence-corrected chi connectivity index (χ2v) is 9.47. The Hall–Kier alpha value is -0.870. The zero-order chi connectivity index (χ0) is 15.4. The van der Waals surface area contributed by atoms with Crippen molar-refractivity contribution in [1.82, 2.24) is 4.72 Å². The van der Waals surface area contributed by atoms with Gasteiger partial charge in [-0.2, -0.15) is 0 Å². The van der Waals surface area contributed by atoms with Crippen molar-refractivity contribution in [2.75, 3.05) is 11.3 Å². The summed E-state index contributed by atoms with van der Waals surface area (Å²) in [5.41, 5.74) is 4.45. The van der Waals surface area contributed by atoms with Gasteiger partial charge in [0.15, 0.2) is 20.8 Å². The SMILES string of the molecule is CS(=O)(=O)CS(=O)(=O)NC1(C(N)=NO)CCCCCC1. The summed E-state index contributed by atoms with van der Waals surface area (Å²) in [7, 11) is -7.77. The van der Waals surface area contributed by atoms with Crippen LogP contribution >= 0.6 is 0 Å². The van der Waals surface area contributed by atoms with Crippen LogP contribution in [0.5, 0.6) is 0 Å². The van der Waals surface area contributed by atoms with Crippen LogP contribution in [0.4, 0.5) is 0 Å². The normalized spacial score (nSPS) is 21.4. The lowest BCUT2D eigenvalue weighted by Crippen LogP contribution is -2.58. The van der Waals surface area contributed by atoms with E-state index in [-0.39, 0.29) is 5.84 Å². The van der Waals surface area contributed by atoms with Crippen molar-refractivity contribution < 1.29 is 22.0 Å². The Bertz CT molecular complexity index is 560. The molecule has 0 saturated heterocycles. The summed E-state index contributed by atoms with van der Waals surface area (Å²) in [6.07, 6.45) is 4.89. The van der Waals surface area contributed by atoms with E-state index in [0.717, 1.165) is 31.9 Å². The molecule has 0 aromatic carbocycles. The third kappa shape index (κ3) is 4.91. The van der Waals surface area contributed by atoms with Gasteiger partial charge in [0.2, 0.25) is 10.0 Å². The third-order valence-electron chi connectivity index (χ3n) is 3.28. The Morgan fingerprint density at radius 3 is 2.10 bits per heavy atom. The highest BCUT2D eigenvalue weighted by Crippen LogP contribution is 2.28. The van der Waals surface area contributed by atoms with Crippen molar-refractivity contribution in [3.8, 4) is 0 Å². The van der Waals surface area contributed by atoms with Gasteiger partial charge in [-0.25, -0.2) is 21.6 Å². The van der Waals surface area contributed by atoms with Crippen LogP contribution < -0.4 is 10.5 Å². The van der Waals surface area contributed by atoms with Gasteiger partial charge in [-0.05, 0) is 12.8 Å². The smallest absolute Gasteiger partial charge is 0.226 e. The predicted octanol–water partition coefficient (Wildman–Crippen LogP) is -0.253. The van der Waals surface area contributed by atoms with E-state index in [1.165, 1.54) is 0 Å². The molecule has 0 aromatic heterocycles. The fourth-order valence-electron chi connectivity index (χ4n) is 2.45. The summed E-state index contributed by atoms with van der Waals surface area (Å²) in [6, 6.07) is 0. The van der Waals surface area contributed by atoms with Gasteiger partial charge in [-0.3, -0.25) is 0 Å². The molecule has 0 atom stereocenters. The number of amidine groups is 1. The summed E-state index contributed by atoms with van der Waals surface area (Å²) < 4.78 is 48.6. The number of hydrogen-bond acceptors (Lipinski definition) is 6. The summed E-state index contributed by atoms with van der Waals surface area (Å²) in [6.45, 7) is 0. The lowest BCUT2D eigenvalue weighted by atomic mass is 9.90. The Morgan fingerprint density at radius 2 is 1.70 bits per heavy atom. The van der Waals surface area contributed by atoms with Gasteiger partial charge in [0.05, 0.1) is 5.54 Å². The maximum atomic E-state index is 12.0. The molecule has 4 N–H and O–H groups in total. The lowest BCUT2D eigenvalue weighted by Gasteiger charge is -2.31. The first-order valence-corrected chi connectivity index (χ1v) is 9.99. The maximum absolute atomic E-state index is 12.0. The molecule has 0 amide bonds. The fourth-order valence-corrected chi connectivity index (χ4v) is 5.84. The zero-order valence-corrected chi connectivity index (χ0v) is 13.0. The van der Waals surface area contributed by atoms with Crippen molar-refractivity contribution in [1.29, 1.82) is 0 Å². The number of nitrogens with one attached hydrogen (secondary N) is 1. The monoisotopic (exact) mass is 327 g/mol. The summed E-state index contributed by atoms with van der Waals surface area (Å²) in [5, 5.41) is 10.8. The van der Waals surface area contributed by atoms with Gasteiger partial charge in [-0.15, -0.1) is 0 Å². The Kier molecular flexibility index (Phi) is 5.39. The quantitative estimate of drug-likeness (QED) is 0.209. The summed E-state index contributed by atoms with van der Waals surface area (Å²) in [5.74, 6) is -0.225. The van der Waals surface area contributed by atoms with Crippen molar-refractivity contribution in [2.24, 2.45) is 10.9 Å². The van der Waals surface area contributed by atoms with Gasteiger partial charge < -0.3 is 10.9 Å². The molecule has 0 spiro atoms. The number of sulfone groups is 1. The molecule has 1 aliphatic carbocycles. The van der Waals surface area contributed by atoms with E-state index in [9.17, 15) is 16.8 Å². The average Bonchev–Trinajstić information content (AvgIpc) is 2.50. The zero-order valence-electron chi connectivity index (χ0n) is 11.4. The summed E-state index contributed by atoms with van der Waals surface area (Å²) in [4.78, 5) is 0. The average molecular weight is 327 g/mol. The number of nitrogens with two attached hydrogens (primary N) is 1. The van der Waals surface area contributed by atoms with Crippen LogP contribution in [0.1, 0.15) is 38.5 Å². The standard InChI is InChI=1S/C10H21N3O5S2/c1-19(15,16)8-20(17,18)13-10(9(11)12-14)6-4-2-3-5-7-10/h13-14H,2-8H2,1H3,(H2,11,12). The van der Waals surface area contributed by atoms with Crippen LogP contribution in [0, 0.1) is 0 Å². The van der Waals surface area contributed by atoms with Gasteiger partial charge in [0, 0.05) is 6.26 Å². The van der Waals surface area contributed by atoms with E-state index < -0.39 is 30.5 Å². The van der Waals surface area contributed by atoms with Crippen LogP contribution in [0.2, 0.25) is 0 Å². The van der Waals surface area contributed by atoms with E-state index in [1.807, 2.05) is 0 Å². The van der Waals surface area contributed by atoms with Crippen molar-refractivity contribution >= 4 is 25.7 Å². The Morgan fingerprint density at radius 1 is 1.20 bits per heavy atom. The van der Waals surface area contributed by atoms with E-state index in [4.69, 9.17) is 10.9 Å². The van der Waals surface area contributed by atoms with E-state index in [0.29, 0.717) is 12.8 Å². The predicted molar refractivity (Wildman–Crippen MR) is 75.6 cm³/mol. The molecule has 1 saturated carbocycles. The Labute approximate surface area is 119 Å². The lowest BCUT2D eigenvalue weighted by molar-refractivity contribution is 0.306. The molecule has 118 valence electrons. The minimum absolute atomic E-state index is 0.225. The summed E-state index contributed by atoms with van der Waals surface area (Å²) >= 11 is 0. The van der Waals surface area contributed by atoms with Crippen LogP contribution in [0.25, 0.3) is 0 Å². The topological polar surface area (TPSA) is 139 Å². The number of hydrogen-bond donors (Lipinski definition) is 3. The molecule has 20 heavy (non-hydrogen) atoms. The molecular formula is C10H21N3O5S2. The molecule has 0 heterocycles. The fraction of sp³-hybridized carbons (Fsp3) is 0.900. The molecule has 1 fully saturated rings. The highest BCUT2D eigenvalue weighted by molar-refractivity contribution is 8.06. The van der Waals surface area contributed by atoms with Crippen molar-refractivity contribution in [3.05, 3.63) is 0 Å². The molecule has 0 unspecified atom stereocenters. The highest BCUT2D eigenvalue weighted by Gasteiger charge is 2.40. The first kappa shape index (κ1) is 17.2. The molecule has 0 aromatic rings. The molecular weight excluding hydrogens is 306 g/mol. The second-order valence-electron chi connectivity index (χ2n) is 5.24. The van der Waals surface area contributed by atoms with Crippen LogP contribution in [0.3, 0.4) is 0 Å². The molecule has 0 aliphatic heterocycles. The van der Waals surface area contributed by atoms with Crippen LogP contribution in [-0.4, -0.2) is 44.8 Å². The van der Waals surface area contributed by atoms with Gasteiger partial charge in [0.1, 0.15) is 0 Å². The number of nitrogens with zero attached hydrogens (tertiary/aromatic N) is 1. The van der Waals surface area contributed by atoms with E-state index in [1.54, 1.807) is 0 Å². The van der Waals surface area contributed by atoms with E-state index in [2.05, 4.69) is 9.88 Å². The number of oxime groups is 1. The molecule has 0 radical (unpaired) electrons. The molecule has 0 bridgehead atoms. The van der Waals surface area contributed by atoms with Crippen molar-refractivity contribution in [2.45, 2.75) is 44.1 Å². The van der Waals surface area contributed by atoms with Gasteiger partial charge >= 0.3 is 0 Å². The molecule has 1 aliphatic rings. The minimum Gasteiger partial charge on any atom is -0.409 e. The highest BCUT2D eigenvalue weighted by atomic mass is 32.3. The minimum atomic E-state index is -4.08. The first-order chi connectivity index (χ1) is 9.10. The van der Waals surface area contributed by atoms with Gasteiger partial charge in [0.25, 0.3) is 0 Å². The first-order valence-electron chi connectivity index (χ1n) is 6.28. The largest absolute Gasteiger partial charge is 0.409 e. The van der Waals surface area contributed by atoms with Gasteiger partial charge in [-0.1, -0.05) is 30.8 Å². The second kappa shape index (κ2) is 6.27. The molecule has 8 nitrogen and oxygen atoms in total. The van der Waals surface area contributed by atoms with Crippen molar-refractivity contribution in [3.63, 3.8) is 0 Å². The molecule has 1 rings (SSSR count). The van der Waals surface area contributed by atoms with E-state index >= 15 is 0 Å². The third-order valence-corrected chi connectivity index (χ3v) is 6.93. The Balaban J connectivity index is 3.07. The maximum Gasteiger partial charge on any atom is 0.226 e.